The van der Waals surface area contributed by atoms with E-state index in [1.807, 2.05) is 32.0 Å². The molecule has 116 valence electrons. The first-order chi connectivity index (χ1) is 10.7. The minimum absolute atomic E-state index is 0.0820. The van der Waals surface area contributed by atoms with Gasteiger partial charge in [0.15, 0.2) is 0 Å². The maximum Gasteiger partial charge on any atom is 0.233 e. The summed E-state index contributed by atoms with van der Waals surface area (Å²) in [6, 6.07) is 6.09. The lowest BCUT2D eigenvalue weighted by molar-refractivity contribution is -0.120. The molecule has 1 atom stereocenters. The lowest BCUT2D eigenvalue weighted by Crippen LogP contribution is -2.30. The van der Waals surface area contributed by atoms with Gasteiger partial charge in [0.2, 0.25) is 11.1 Å². The third-order valence-electron chi connectivity index (χ3n) is 3.82. The van der Waals surface area contributed by atoms with E-state index in [1.165, 1.54) is 11.8 Å². The Morgan fingerprint density at radius 2 is 2.05 bits per heavy atom. The number of thioether (sulfide) groups is 1. The number of carbonyl (C=O) groups is 1. The van der Waals surface area contributed by atoms with Crippen molar-refractivity contribution < 1.29 is 4.79 Å². The van der Waals surface area contributed by atoms with Crippen molar-refractivity contribution in [2.75, 3.05) is 6.54 Å². The molecule has 1 amide bonds. The third kappa shape index (κ3) is 2.99. The van der Waals surface area contributed by atoms with Crippen molar-refractivity contribution in [1.82, 2.24) is 25.5 Å². The molecule has 1 N–H and O–H groups in total. The highest BCUT2D eigenvalue weighted by molar-refractivity contribution is 8.00. The van der Waals surface area contributed by atoms with E-state index in [0.29, 0.717) is 5.16 Å². The summed E-state index contributed by atoms with van der Waals surface area (Å²) < 4.78 is 1.74. The van der Waals surface area contributed by atoms with Gasteiger partial charge in [0.05, 0.1) is 10.9 Å². The maximum atomic E-state index is 12.1. The molecule has 6 nitrogen and oxygen atoms in total. The van der Waals surface area contributed by atoms with E-state index in [2.05, 4.69) is 20.8 Å². The number of carbonyl (C=O) groups excluding carboxylic acids is 1. The smallest absolute Gasteiger partial charge is 0.233 e. The number of nitrogens with one attached hydrogen (secondary N) is 1. The van der Waals surface area contributed by atoms with Crippen LogP contribution in [0.5, 0.6) is 0 Å². The average molecular weight is 317 g/mol. The van der Waals surface area contributed by atoms with Gasteiger partial charge < -0.3 is 5.32 Å². The van der Waals surface area contributed by atoms with E-state index in [-0.39, 0.29) is 11.2 Å². The van der Waals surface area contributed by atoms with Crippen LogP contribution in [0.15, 0.2) is 23.4 Å². The Morgan fingerprint density at radius 1 is 1.27 bits per heavy atom. The summed E-state index contributed by atoms with van der Waals surface area (Å²) in [5, 5.41) is 15.5. The van der Waals surface area contributed by atoms with Crippen molar-refractivity contribution in [3.05, 3.63) is 29.3 Å². The second-order valence-corrected chi connectivity index (χ2v) is 6.68. The Balaban J connectivity index is 1.91. The fraction of sp³-hybridized carbons (Fsp3) is 0.467. The fourth-order valence-corrected chi connectivity index (χ4v) is 3.72. The van der Waals surface area contributed by atoms with Crippen LogP contribution in [0, 0.1) is 13.8 Å². The fourth-order valence-electron chi connectivity index (χ4n) is 2.68. The molecule has 2 aromatic rings. The van der Waals surface area contributed by atoms with Gasteiger partial charge in [-0.25, -0.2) is 0 Å². The number of aryl methyl sites for hydroxylation is 2. The van der Waals surface area contributed by atoms with Crippen LogP contribution in [0.2, 0.25) is 0 Å². The Hall–Kier alpha value is -1.89. The van der Waals surface area contributed by atoms with Crippen molar-refractivity contribution in [3.8, 4) is 5.69 Å². The molecule has 1 saturated heterocycles. The first kappa shape index (κ1) is 15.0. The van der Waals surface area contributed by atoms with Crippen molar-refractivity contribution >= 4 is 17.7 Å². The molecule has 3 rings (SSSR count). The van der Waals surface area contributed by atoms with Crippen LogP contribution in [-0.2, 0) is 4.79 Å². The molecule has 1 aliphatic heterocycles. The highest BCUT2D eigenvalue weighted by Crippen LogP contribution is 2.29. The number of hydrogen-bond donors (Lipinski definition) is 1. The van der Waals surface area contributed by atoms with Gasteiger partial charge >= 0.3 is 0 Å². The van der Waals surface area contributed by atoms with E-state index >= 15 is 0 Å². The first-order valence-corrected chi connectivity index (χ1v) is 8.34. The van der Waals surface area contributed by atoms with Gasteiger partial charge in [-0.1, -0.05) is 36.4 Å². The van der Waals surface area contributed by atoms with Crippen LogP contribution >= 0.6 is 11.8 Å². The topological polar surface area (TPSA) is 72.7 Å². The summed E-state index contributed by atoms with van der Waals surface area (Å²) in [5.41, 5.74) is 3.21. The van der Waals surface area contributed by atoms with Gasteiger partial charge in [0, 0.05) is 6.54 Å². The van der Waals surface area contributed by atoms with Gasteiger partial charge in [0.25, 0.3) is 0 Å². The Kier molecular flexibility index (Phi) is 4.42. The zero-order chi connectivity index (χ0) is 15.5. The Bertz CT molecular complexity index is 664. The molecule has 2 heterocycles. The van der Waals surface area contributed by atoms with Gasteiger partial charge in [-0.2, -0.15) is 4.68 Å². The van der Waals surface area contributed by atoms with Crippen molar-refractivity contribution in [3.63, 3.8) is 0 Å². The maximum absolute atomic E-state index is 12.1. The van der Waals surface area contributed by atoms with E-state index < -0.39 is 0 Å². The quantitative estimate of drug-likeness (QED) is 0.938. The standard InChI is InChI=1S/C15H19N5OS/c1-10-6-5-7-11(2)13(10)20-15(17-18-19-20)22-12-8-3-4-9-16-14(12)21/h5-7,12H,3-4,8-9H2,1-2H3,(H,16,21)/t12-/m1/s1. The predicted molar refractivity (Wildman–Crippen MR) is 85.1 cm³/mol. The molecule has 0 unspecified atom stereocenters. The van der Waals surface area contributed by atoms with Crippen molar-refractivity contribution in [1.29, 1.82) is 0 Å². The highest BCUT2D eigenvalue weighted by atomic mass is 32.2. The zero-order valence-corrected chi connectivity index (χ0v) is 13.6. The van der Waals surface area contributed by atoms with Gasteiger partial charge in [0.1, 0.15) is 0 Å². The summed E-state index contributed by atoms with van der Waals surface area (Å²) in [4.78, 5) is 12.1. The first-order valence-electron chi connectivity index (χ1n) is 7.46. The van der Waals surface area contributed by atoms with E-state index in [9.17, 15) is 4.79 Å². The number of tetrazole rings is 1. The second kappa shape index (κ2) is 6.48. The van der Waals surface area contributed by atoms with E-state index in [1.54, 1.807) is 4.68 Å². The molecule has 7 heteroatoms. The van der Waals surface area contributed by atoms with Gasteiger partial charge in [-0.15, -0.1) is 5.10 Å². The predicted octanol–water partition coefficient (Wildman–Crippen LogP) is 2.04. The van der Waals surface area contributed by atoms with Gasteiger partial charge in [-0.3, -0.25) is 4.79 Å². The summed E-state index contributed by atoms with van der Waals surface area (Å²) in [7, 11) is 0. The van der Waals surface area contributed by atoms with Crippen molar-refractivity contribution in [2.24, 2.45) is 0 Å². The zero-order valence-electron chi connectivity index (χ0n) is 12.7. The average Bonchev–Trinajstić information content (AvgIpc) is 2.83. The van der Waals surface area contributed by atoms with Crippen molar-refractivity contribution in [2.45, 2.75) is 43.5 Å². The minimum atomic E-state index is -0.128. The Labute approximate surface area is 133 Å². The number of hydrogen-bond acceptors (Lipinski definition) is 5. The van der Waals surface area contributed by atoms with E-state index in [0.717, 1.165) is 42.6 Å². The molecular weight excluding hydrogens is 298 g/mol. The number of nitrogens with zero attached hydrogens (tertiary/aromatic N) is 4. The molecule has 0 aliphatic carbocycles. The molecule has 1 fully saturated rings. The summed E-state index contributed by atoms with van der Waals surface area (Å²) >= 11 is 1.45. The minimum Gasteiger partial charge on any atom is -0.355 e. The van der Waals surface area contributed by atoms with Crippen LogP contribution in [0.1, 0.15) is 30.4 Å². The molecule has 1 aliphatic rings. The monoisotopic (exact) mass is 317 g/mol. The summed E-state index contributed by atoms with van der Waals surface area (Å²) in [6.45, 7) is 4.84. The van der Waals surface area contributed by atoms with Crippen LogP contribution in [0.4, 0.5) is 0 Å². The number of aromatic nitrogens is 4. The molecular formula is C15H19N5OS. The molecule has 0 spiro atoms. The summed E-state index contributed by atoms with van der Waals surface area (Å²) in [6.07, 6.45) is 2.93. The van der Waals surface area contributed by atoms with Crippen LogP contribution in [-0.4, -0.2) is 37.9 Å². The number of amides is 1. The third-order valence-corrected chi connectivity index (χ3v) is 5.02. The molecule has 0 saturated carbocycles. The van der Waals surface area contributed by atoms with Crippen LogP contribution in [0.25, 0.3) is 5.69 Å². The molecule has 0 radical (unpaired) electrons. The van der Waals surface area contributed by atoms with Crippen LogP contribution < -0.4 is 5.32 Å². The summed E-state index contributed by atoms with van der Waals surface area (Å²) in [5.74, 6) is 0.0820. The largest absolute Gasteiger partial charge is 0.355 e. The lowest BCUT2D eigenvalue weighted by atomic mass is 10.1. The Morgan fingerprint density at radius 3 is 2.82 bits per heavy atom. The highest BCUT2D eigenvalue weighted by Gasteiger charge is 2.25. The van der Waals surface area contributed by atoms with Gasteiger partial charge in [-0.05, 0) is 48.2 Å². The lowest BCUT2D eigenvalue weighted by Gasteiger charge is -2.14. The second-order valence-electron chi connectivity index (χ2n) is 5.51. The van der Waals surface area contributed by atoms with E-state index in [4.69, 9.17) is 0 Å². The molecule has 0 bridgehead atoms. The number of benzene rings is 1. The molecule has 1 aromatic carbocycles. The van der Waals surface area contributed by atoms with Crippen LogP contribution in [0.3, 0.4) is 0 Å². The molecule has 22 heavy (non-hydrogen) atoms. The number of rotatable bonds is 3. The molecule has 1 aromatic heterocycles. The SMILES string of the molecule is Cc1cccc(C)c1-n1nnnc1S[C@@H]1CCCCNC1=O. The number of para-hydroxylation sites is 1. The normalized spacial score (nSPS) is 18.8.